The van der Waals surface area contributed by atoms with E-state index in [9.17, 15) is 0 Å². The lowest BCUT2D eigenvalue weighted by molar-refractivity contribution is 0.686. The van der Waals surface area contributed by atoms with Gasteiger partial charge in [-0.3, -0.25) is 19.0 Å². The van der Waals surface area contributed by atoms with Crippen LogP contribution in [0.15, 0.2) is 42.9 Å². The van der Waals surface area contributed by atoms with Gasteiger partial charge in [-0.15, -0.1) is 0 Å². The van der Waals surface area contributed by atoms with Crippen molar-refractivity contribution >= 4 is 35.4 Å². The molecule has 132 valence electrons. The van der Waals surface area contributed by atoms with Crippen LogP contribution in [0.5, 0.6) is 0 Å². The van der Waals surface area contributed by atoms with Crippen LogP contribution in [0.25, 0.3) is 17.2 Å². The van der Waals surface area contributed by atoms with E-state index in [-0.39, 0.29) is 0 Å². The Kier molecular flexibility index (Phi) is 4.39. The molecule has 26 heavy (non-hydrogen) atoms. The Bertz CT molecular complexity index is 1140. The van der Waals surface area contributed by atoms with Crippen molar-refractivity contribution in [2.75, 3.05) is 0 Å². The van der Waals surface area contributed by atoms with E-state index in [1.54, 1.807) is 33.9 Å². The second-order valence-corrected chi connectivity index (χ2v) is 6.89. The van der Waals surface area contributed by atoms with Gasteiger partial charge in [0.25, 0.3) is 0 Å². The third-order valence-electron chi connectivity index (χ3n) is 3.95. The maximum Gasteiger partial charge on any atom is 0.200 e. The van der Waals surface area contributed by atoms with Gasteiger partial charge < -0.3 is 0 Å². The summed E-state index contributed by atoms with van der Waals surface area (Å²) in [5.41, 5.74) is 2.56. The Balaban J connectivity index is 1.70. The Morgan fingerprint density at radius 3 is 2.77 bits per heavy atom. The number of nitrogens with zero attached hydrogens (tertiary/aromatic N) is 6. The molecule has 0 aliphatic heterocycles. The van der Waals surface area contributed by atoms with E-state index in [0.29, 0.717) is 27.2 Å². The highest BCUT2D eigenvalue weighted by atomic mass is 35.5. The molecule has 10 heteroatoms. The van der Waals surface area contributed by atoms with Crippen molar-refractivity contribution in [3.63, 3.8) is 0 Å². The molecule has 0 unspecified atom stereocenters. The second kappa shape index (κ2) is 6.71. The third kappa shape index (κ3) is 3.07. The van der Waals surface area contributed by atoms with Crippen molar-refractivity contribution in [2.45, 2.75) is 6.54 Å². The quantitative estimate of drug-likeness (QED) is 0.523. The summed E-state index contributed by atoms with van der Waals surface area (Å²) in [6, 6.07) is 7.28. The zero-order valence-electron chi connectivity index (χ0n) is 13.6. The van der Waals surface area contributed by atoms with Gasteiger partial charge in [-0.25, -0.2) is 0 Å². The number of halogens is 2. The fourth-order valence-corrected chi connectivity index (χ4v) is 3.39. The average molecular weight is 406 g/mol. The predicted octanol–water partition coefficient (Wildman–Crippen LogP) is 3.88. The molecule has 0 aliphatic carbocycles. The zero-order valence-corrected chi connectivity index (χ0v) is 15.9. The van der Waals surface area contributed by atoms with Gasteiger partial charge in [0.1, 0.15) is 5.69 Å². The van der Waals surface area contributed by atoms with Crippen LogP contribution in [-0.2, 0) is 13.6 Å². The van der Waals surface area contributed by atoms with Crippen LogP contribution in [0.3, 0.4) is 0 Å². The summed E-state index contributed by atoms with van der Waals surface area (Å²) in [6.07, 6.45) is 5.33. The molecule has 1 aromatic carbocycles. The lowest BCUT2D eigenvalue weighted by Gasteiger charge is -2.06. The van der Waals surface area contributed by atoms with Crippen LogP contribution in [0, 0.1) is 4.77 Å². The molecule has 0 saturated carbocycles. The van der Waals surface area contributed by atoms with Crippen LogP contribution in [-0.4, -0.2) is 34.3 Å². The summed E-state index contributed by atoms with van der Waals surface area (Å²) in [5.74, 6) is 0.666. The summed E-state index contributed by atoms with van der Waals surface area (Å²) in [5, 5.41) is 17.0. The normalized spacial score (nSPS) is 11.2. The first-order chi connectivity index (χ1) is 12.5. The number of H-pyrrole nitrogens is 1. The van der Waals surface area contributed by atoms with E-state index in [2.05, 4.69) is 20.4 Å². The molecule has 3 heterocycles. The van der Waals surface area contributed by atoms with Crippen LogP contribution in [0.2, 0.25) is 10.0 Å². The molecule has 0 fully saturated rings. The van der Waals surface area contributed by atoms with Gasteiger partial charge in [0.15, 0.2) is 10.6 Å². The lowest BCUT2D eigenvalue weighted by Crippen LogP contribution is -2.02. The van der Waals surface area contributed by atoms with Gasteiger partial charge in [-0.1, -0.05) is 29.3 Å². The van der Waals surface area contributed by atoms with E-state index >= 15 is 0 Å². The summed E-state index contributed by atoms with van der Waals surface area (Å²) in [7, 11) is 1.85. The van der Waals surface area contributed by atoms with Crippen LogP contribution in [0.1, 0.15) is 5.56 Å². The molecule has 4 rings (SSSR count). The Morgan fingerprint density at radius 2 is 2.04 bits per heavy atom. The van der Waals surface area contributed by atoms with Gasteiger partial charge in [0.2, 0.25) is 0 Å². The number of hydrogen-bond donors (Lipinski definition) is 1. The Labute approximate surface area is 163 Å². The van der Waals surface area contributed by atoms with E-state index in [1.165, 1.54) is 0 Å². The number of aryl methyl sites for hydroxylation is 1. The molecule has 1 N–H and O–H groups in total. The molecule has 3 aromatic heterocycles. The number of benzene rings is 1. The van der Waals surface area contributed by atoms with Crippen LogP contribution in [0.4, 0.5) is 0 Å². The smallest absolute Gasteiger partial charge is 0.200 e. The molecular formula is C16H13Cl2N7S. The van der Waals surface area contributed by atoms with Gasteiger partial charge in [0, 0.05) is 29.5 Å². The maximum atomic E-state index is 6.25. The minimum Gasteiger partial charge on any atom is -0.266 e. The number of hydrogen-bond acceptors (Lipinski definition) is 4. The van der Waals surface area contributed by atoms with E-state index < -0.39 is 0 Å². The monoisotopic (exact) mass is 405 g/mol. The molecule has 4 aromatic rings. The molecule has 7 nitrogen and oxygen atoms in total. The maximum absolute atomic E-state index is 6.25. The fourth-order valence-electron chi connectivity index (χ4n) is 2.68. The molecule has 0 radical (unpaired) electrons. The first-order valence-corrected chi connectivity index (χ1v) is 8.82. The second-order valence-electron chi connectivity index (χ2n) is 5.66. The van der Waals surface area contributed by atoms with Crippen molar-refractivity contribution in [3.05, 3.63) is 63.2 Å². The van der Waals surface area contributed by atoms with Crippen molar-refractivity contribution in [1.82, 2.24) is 34.3 Å². The minimum absolute atomic E-state index is 0.477. The topological polar surface area (TPSA) is 69.2 Å². The number of aromatic nitrogens is 7. The molecule has 0 saturated heterocycles. The van der Waals surface area contributed by atoms with Crippen LogP contribution >= 0.6 is 35.4 Å². The van der Waals surface area contributed by atoms with Crippen molar-refractivity contribution in [1.29, 1.82) is 0 Å². The number of nitrogens with one attached hydrogen (secondary N) is 1. The zero-order chi connectivity index (χ0) is 18.3. The molecule has 0 bridgehead atoms. The highest BCUT2D eigenvalue weighted by molar-refractivity contribution is 7.71. The predicted molar refractivity (Wildman–Crippen MR) is 102 cm³/mol. The van der Waals surface area contributed by atoms with Gasteiger partial charge in [-0.2, -0.15) is 15.3 Å². The molecule has 0 aliphatic rings. The standard InChI is InChI=1S/C16H13Cl2N7S/c1-23-14(4-5-19-23)15-21-22-16(26)25(15)12-7-20-24(9-12)8-10-2-3-11(17)6-13(10)18/h2-7,9H,8H2,1H3,(H,22,26). The first kappa shape index (κ1) is 17.0. The largest absolute Gasteiger partial charge is 0.266 e. The highest BCUT2D eigenvalue weighted by Gasteiger charge is 2.15. The van der Waals surface area contributed by atoms with E-state index in [4.69, 9.17) is 35.4 Å². The Hall–Kier alpha value is -2.42. The average Bonchev–Trinajstić information content (AvgIpc) is 3.30. The van der Waals surface area contributed by atoms with Crippen molar-refractivity contribution < 1.29 is 0 Å². The fraction of sp³-hybridized carbons (Fsp3) is 0.125. The molecule has 0 spiro atoms. The van der Waals surface area contributed by atoms with Crippen molar-refractivity contribution in [2.24, 2.45) is 7.05 Å². The molecular weight excluding hydrogens is 393 g/mol. The SMILES string of the molecule is Cn1nccc1-c1n[nH]c(=S)n1-c1cnn(Cc2ccc(Cl)cc2Cl)c1. The van der Waals surface area contributed by atoms with Gasteiger partial charge in [-0.05, 0) is 36.0 Å². The number of aromatic amines is 1. The summed E-state index contributed by atoms with van der Waals surface area (Å²) in [4.78, 5) is 0. The molecule has 0 amide bonds. The van der Waals surface area contributed by atoms with Crippen LogP contribution < -0.4 is 0 Å². The van der Waals surface area contributed by atoms with Gasteiger partial charge in [0.05, 0.1) is 18.4 Å². The summed E-state index contributed by atoms with van der Waals surface area (Å²) < 4.78 is 5.82. The summed E-state index contributed by atoms with van der Waals surface area (Å²) >= 11 is 17.6. The van der Waals surface area contributed by atoms with Gasteiger partial charge >= 0.3 is 0 Å². The third-order valence-corrected chi connectivity index (χ3v) is 4.81. The Morgan fingerprint density at radius 1 is 1.19 bits per heavy atom. The summed E-state index contributed by atoms with van der Waals surface area (Å²) in [6.45, 7) is 0.516. The minimum atomic E-state index is 0.477. The lowest BCUT2D eigenvalue weighted by atomic mass is 10.2. The van der Waals surface area contributed by atoms with Crippen molar-refractivity contribution in [3.8, 4) is 17.2 Å². The van der Waals surface area contributed by atoms with E-state index in [0.717, 1.165) is 16.9 Å². The number of rotatable bonds is 4. The first-order valence-electron chi connectivity index (χ1n) is 7.65. The highest BCUT2D eigenvalue weighted by Crippen LogP contribution is 2.23. The van der Waals surface area contributed by atoms with E-state index in [1.807, 2.05) is 29.9 Å². The molecule has 0 atom stereocenters.